The van der Waals surface area contributed by atoms with Crippen molar-refractivity contribution < 1.29 is 14.6 Å². The van der Waals surface area contributed by atoms with E-state index in [0.717, 1.165) is 22.6 Å². The van der Waals surface area contributed by atoms with Crippen LogP contribution in [0, 0.1) is 0 Å². The average Bonchev–Trinajstić information content (AvgIpc) is 2.48. The minimum atomic E-state index is 0.157. The molecule has 19 heavy (non-hydrogen) atoms. The maximum Gasteiger partial charge on any atom is 0.119 e. The van der Waals surface area contributed by atoms with Crippen LogP contribution in [0.4, 0.5) is 0 Å². The van der Waals surface area contributed by atoms with Gasteiger partial charge >= 0.3 is 0 Å². The van der Waals surface area contributed by atoms with E-state index >= 15 is 0 Å². The van der Waals surface area contributed by atoms with E-state index in [1.165, 1.54) is 0 Å². The van der Waals surface area contributed by atoms with Crippen molar-refractivity contribution in [1.29, 1.82) is 0 Å². The maximum absolute atomic E-state index is 8.69. The number of hydrogen-bond acceptors (Lipinski definition) is 3. The summed E-state index contributed by atoms with van der Waals surface area (Å²) in [7, 11) is 1.66. The van der Waals surface area contributed by atoms with Crippen molar-refractivity contribution in [2.45, 2.75) is 6.42 Å². The van der Waals surface area contributed by atoms with Gasteiger partial charge in [-0.05, 0) is 35.4 Å². The summed E-state index contributed by atoms with van der Waals surface area (Å²) in [6, 6.07) is 15.9. The Morgan fingerprint density at radius 2 is 1.37 bits per heavy atom. The lowest BCUT2D eigenvalue weighted by molar-refractivity contribution is 0.233. The van der Waals surface area contributed by atoms with Crippen LogP contribution in [0.2, 0.25) is 0 Å². The highest BCUT2D eigenvalue weighted by atomic mass is 16.5. The molecule has 0 bridgehead atoms. The molecule has 0 aromatic heterocycles. The lowest BCUT2D eigenvalue weighted by Crippen LogP contribution is -1.99. The first-order valence-electron chi connectivity index (χ1n) is 6.31. The van der Waals surface area contributed by atoms with Crippen molar-refractivity contribution >= 4 is 0 Å². The number of aliphatic hydroxyl groups excluding tert-OH is 1. The van der Waals surface area contributed by atoms with Gasteiger partial charge in [-0.25, -0.2) is 0 Å². The van der Waals surface area contributed by atoms with E-state index in [2.05, 4.69) is 0 Å². The number of ether oxygens (including phenoxy) is 2. The molecule has 0 saturated carbocycles. The van der Waals surface area contributed by atoms with Gasteiger partial charge in [-0.3, -0.25) is 0 Å². The molecule has 0 saturated heterocycles. The van der Waals surface area contributed by atoms with Gasteiger partial charge in [0.2, 0.25) is 0 Å². The molecule has 0 spiro atoms. The molecule has 0 aliphatic heterocycles. The summed E-state index contributed by atoms with van der Waals surface area (Å²) in [5.41, 5.74) is 2.28. The fourth-order valence-electron chi connectivity index (χ4n) is 1.78. The Morgan fingerprint density at radius 1 is 0.842 bits per heavy atom. The molecule has 0 atom stereocenters. The molecular formula is C16H18O3. The summed E-state index contributed by atoms with van der Waals surface area (Å²) in [5.74, 6) is 1.68. The van der Waals surface area contributed by atoms with Gasteiger partial charge in [-0.15, -0.1) is 0 Å². The summed E-state index contributed by atoms with van der Waals surface area (Å²) in [6.45, 7) is 0.697. The van der Waals surface area contributed by atoms with Gasteiger partial charge in [0.1, 0.15) is 11.5 Å². The predicted octanol–water partition coefficient (Wildman–Crippen LogP) is 3.12. The van der Waals surface area contributed by atoms with Crippen LogP contribution < -0.4 is 9.47 Å². The fourth-order valence-corrected chi connectivity index (χ4v) is 1.78. The molecule has 0 radical (unpaired) electrons. The zero-order valence-corrected chi connectivity index (χ0v) is 11.0. The molecule has 0 fully saturated rings. The van der Waals surface area contributed by atoms with Crippen LogP contribution in [0.3, 0.4) is 0 Å². The van der Waals surface area contributed by atoms with Gasteiger partial charge in [-0.1, -0.05) is 24.3 Å². The highest BCUT2D eigenvalue weighted by Crippen LogP contribution is 2.24. The Labute approximate surface area is 113 Å². The van der Waals surface area contributed by atoms with Crippen molar-refractivity contribution in [1.82, 2.24) is 0 Å². The van der Waals surface area contributed by atoms with Crippen LogP contribution in [0.5, 0.6) is 11.5 Å². The normalized spacial score (nSPS) is 10.2. The second-order valence-corrected chi connectivity index (χ2v) is 4.18. The summed E-state index contributed by atoms with van der Waals surface area (Å²) in [4.78, 5) is 0. The third-order valence-electron chi connectivity index (χ3n) is 2.85. The zero-order chi connectivity index (χ0) is 13.5. The summed E-state index contributed by atoms with van der Waals surface area (Å²) in [6.07, 6.45) is 0.653. The minimum absolute atomic E-state index is 0.157. The Kier molecular flexibility index (Phi) is 4.81. The lowest BCUT2D eigenvalue weighted by Gasteiger charge is -2.07. The van der Waals surface area contributed by atoms with Gasteiger partial charge in [0.05, 0.1) is 13.7 Å². The number of benzene rings is 2. The molecule has 2 aromatic rings. The minimum Gasteiger partial charge on any atom is -0.497 e. The van der Waals surface area contributed by atoms with Crippen LogP contribution >= 0.6 is 0 Å². The largest absolute Gasteiger partial charge is 0.497 e. The van der Waals surface area contributed by atoms with E-state index in [0.29, 0.717) is 13.0 Å². The molecule has 0 amide bonds. The summed E-state index contributed by atoms with van der Waals surface area (Å²) < 4.78 is 10.6. The first-order chi connectivity index (χ1) is 9.33. The van der Waals surface area contributed by atoms with Gasteiger partial charge in [0.15, 0.2) is 0 Å². The van der Waals surface area contributed by atoms with Crippen LogP contribution in [0.1, 0.15) is 6.42 Å². The van der Waals surface area contributed by atoms with Crippen molar-refractivity contribution in [2.24, 2.45) is 0 Å². The van der Waals surface area contributed by atoms with E-state index in [1.807, 2.05) is 48.5 Å². The molecule has 3 heteroatoms. The molecular weight excluding hydrogens is 240 g/mol. The van der Waals surface area contributed by atoms with Gasteiger partial charge in [0, 0.05) is 13.0 Å². The second kappa shape index (κ2) is 6.81. The van der Waals surface area contributed by atoms with Crippen molar-refractivity contribution in [3.63, 3.8) is 0 Å². The first kappa shape index (κ1) is 13.4. The Morgan fingerprint density at radius 3 is 1.84 bits per heavy atom. The van der Waals surface area contributed by atoms with Crippen LogP contribution in [-0.4, -0.2) is 25.4 Å². The molecule has 1 N–H and O–H groups in total. The third kappa shape index (κ3) is 3.73. The quantitative estimate of drug-likeness (QED) is 0.809. The Bertz CT molecular complexity index is 488. The predicted molar refractivity (Wildman–Crippen MR) is 75.6 cm³/mol. The topological polar surface area (TPSA) is 38.7 Å². The standard InChI is InChI=1S/C16H18O3/c1-18-15-7-3-13(4-8-15)14-5-9-16(10-6-14)19-12-2-11-17/h3-10,17H,2,11-12H2,1H3. The highest BCUT2D eigenvalue weighted by molar-refractivity contribution is 5.64. The molecule has 2 rings (SSSR count). The van der Waals surface area contributed by atoms with E-state index in [4.69, 9.17) is 14.6 Å². The van der Waals surface area contributed by atoms with Gasteiger partial charge < -0.3 is 14.6 Å². The second-order valence-electron chi connectivity index (χ2n) is 4.18. The highest BCUT2D eigenvalue weighted by Gasteiger charge is 1.99. The number of rotatable bonds is 6. The SMILES string of the molecule is COc1ccc(-c2ccc(OCCCO)cc2)cc1. The van der Waals surface area contributed by atoms with E-state index in [9.17, 15) is 0 Å². The Balaban J connectivity index is 2.04. The van der Waals surface area contributed by atoms with E-state index in [-0.39, 0.29) is 6.61 Å². The number of hydrogen-bond donors (Lipinski definition) is 1. The maximum atomic E-state index is 8.69. The van der Waals surface area contributed by atoms with E-state index in [1.54, 1.807) is 7.11 Å². The average molecular weight is 258 g/mol. The third-order valence-corrected chi connectivity index (χ3v) is 2.85. The van der Waals surface area contributed by atoms with Crippen molar-refractivity contribution in [3.05, 3.63) is 48.5 Å². The van der Waals surface area contributed by atoms with Crippen LogP contribution in [0.25, 0.3) is 11.1 Å². The molecule has 2 aromatic carbocycles. The van der Waals surface area contributed by atoms with Crippen molar-refractivity contribution in [3.8, 4) is 22.6 Å². The van der Waals surface area contributed by atoms with Crippen molar-refractivity contribution in [2.75, 3.05) is 20.3 Å². The lowest BCUT2D eigenvalue weighted by atomic mass is 10.1. The molecule has 0 aliphatic rings. The van der Waals surface area contributed by atoms with Gasteiger partial charge in [-0.2, -0.15) is 0 Å². The molecule has 3 nitrogen and oxygen atoms in total. The molecule has 0 aliphatic carbocycles. The van der Waals surface area contributed by atoms with Crippen LogP contribution in [-0.2, 0) is 0 Å². The smallest absolute Gasteiger partial charge is 0.119 e. The van der Waals surface area contributed by atoms with Crippen LogP contribution in [0.15, 0.2) is 48.5 Å². The molecule has 100 valence electrons. The number of aliphatic hydroxyl groups is 1. The summed E-state index contributed by atoms with van der Waals surface area (Å²) >= 11 is 0. The molecule has 0 heterocycles. The zero-order valence-electron chi connectivity index (χ0n) is 11.0. The summed E-state index contributed by atoms with van der Waals surface area (Å²) in [5, 5.41) is 8.69. The monoisotopic (exact) mass is 258 g/mol. The van der Waals surface area contributed by atoms with E-state index < -0.39 is 0 Å². The number of methoxy groups -OCH3 is 1. The Hall–Kier alpha value is -2.00. The fraction of sp³-hybridized carbons (Fsp3) is 0.250. The molecule has 0 unspecified atom stereocenters. The van der Waals surface area contributed by atoms with Gasteiger partial charge in [0.25, 0.3) is 0 Å². The first-order valence-corrected chi connectivity index (χ1v) is 6.31.